The molecule has 1 aromatic heterocycles. The van der Waals surface area contributed by atoms with Crippen molar-refractivity contribution in [3.8, 4) is 5.69 Å². The van der Waals surface area contributed by atoms with E-state index < -0.39 is 12.1 Å². The molecule has 1 saturated heterocycles. The van der Waals surface area contributed by atoms with Gasteiger partial charge < -0.3 is 25.1 Å². The average Bonchev–Trinajstić information content (AvgIpc) is 3.53. The van der Waals surface area contributed by atoms with E-state index in [4.69, 9.17) is 11.6 Å². The monoisotopic (exact) mass is 550 g/mol. The number of fused-ring (bicyclic) bond motifs is 1. The Morgan fingerprint density at radius 1 is 1.13 bits per heavy atom. The van der Waals surface area contributed by atoms with E-state index in [0.717, 1.165) is 16.9 Å². The SMILES string of the molecule is Cc1ccn(-c2ccc(C(=O)N3C[C@@H](C)N(C(=O)NCC(=O)N4CC[C@H](O)C4)Cc4ccccc43)c(Cl)c2)n1. The molecule has 0 aliphatic carbocycles. The average molecular weight is 551 g/mol. The van der Waals surface area contributed by atoms with Crippen molar-refractivity contribution in [2.24, 2.45) is 0 Å². The van der Waals surface area contributed by atoms with Crippen LogP contribution in [0.25, 0.3) is 5.69 Å². The predicted molar refractivity (Wildman–Crippen MR) is 147 cm³/mol. The zero-order valence-corrected chi connectivity index (χ0v) is 22.6. The largest absolute Gasteiger partial charge is 0.391 e. The van der Waals surface area contributed by atoms with Gasteiger partial charge in [0.25, 0.3) is 5.91 Å². The zero-order chi connectivity index (χ0) is 27.7. The highest BCUT2D eigenvalue weighted by Crippen LogP contribution is 2.31. The van der Waals surface area contributed by atoms with Crippen LogP contribution in [0.2, 0.25) is 5.02 Å². The summed E-state index contributed by atoms with van der Waals surface area (Å²) < 4.78 is 1.70. The minimum absolute atomic E-state index is 0.156. The molecule has 2 aromatic carbocycles. The predicted octanol–water partition coefficient (Wildman–Crippen LogP) is 2.99. The van der Waals surface area contributed by atoms with Gasteiger partial charge in [0, 0.05) is 44.1 Å². The number of aromatic nitrogens is 2. The Balaban J connectivity index is 1.34. The Labute approximate surface area is 231 Å². The molecule has 39 heavy (non-hydrogen) atoms. The van der Waals surface area contributed by atoms with Crippen LogP contribution < -0.4 is 10.2 Å². The quantitative estimate of drug-likeness (QED) is 0.519. The molecule has 0 spiro atoms. The van der Waals surface area contributed by atoms with Crippen LogP contribution in [0.1, 0.15) is 35.0 Å². The lowest BCUT2D eigenvalue weighted by Gasteiger charge is -2.29. The van der Waals surface area contributed by atoms with Crippen molar-refractivity contribution in [1.82, 2.24) is 24.9 Å². The van der Waals surface area contributed by atoms with Crippen molar-refractivity contribution in [2.75, 3.05) is 31.1 Å². The van der Waals surface area contributed by atoms with Gasteiger partial charge in [-0.25, -0.2) is 9.48 Å². The fourth-order valence-electron chi connectivity index (χ4n) is 5.03. The van der Waals surface area contributed by atoms with Crippen LogP contribution in [0, 0.1) is 6.92 Å². The summed E-state index contributed by atoms with van der Waals surface area (Å²) in [6.45, 7) is 4.89. The number of halogens is 1. The fraction of sp³-hybridized carbons (Fsp3) is 0.357. The third-order valence-electron chi connectivity index (χ3n) is 7.18. The first-order valence-electron chi connectivity index (χ1n) is 12.9. The number of rotatable bonds is 4. The van der Waals surface area contributed by atoms with Crippen LogP contribution in [0.15, 0.2) is 54.7 Å². The highest BCUT2D eigenvalue weighted by atomic mass is 35.5. The lowest BCUT2D eigenvalue weighted by molar-refractivity contribution is -0.129. The van der Waals surface area contributed by atoms with Crippen LogP contribution in [-0.2, 0) is 11.3 Å². The molecular formula is C28H31ClN6O4. The minimum Gasteiger partial charge on any atom is -0.391 e. The topological polar surface area (TPSA) is 111 Å². The van der Waals surface area contributed by atoms with Crippen LogP contribution in [-0.4, -0.2) is 80.9 Å². The number of nitrogens with one attached hydrogen (secondary N) is 1. The number of carbonyl (C=O) groups is 3. The van der Waals surface area contributed by atoms with Crippen LogP contribution >= 0.6 is 11.6 Å². The van der Waals surface area contributed by atoms with E-state index in [1.807, 2.05) is 50.4 Å². The summed E-state index contributed by atoms with van der Waals surface area (Å²) >= 11 is 6.60. The van der Waals surface area contributed by atoms with E-state index in [-0.39, 0.29) is 44.0 Å². The molecule has 11 heteroatoms. The molecular weight excluding hydrogens is 520 g/mol. The number of amides is 4. The molecule has 2 aliphatic rings. The van der Waals surface area contributed by atoms with Gasteiger partial charge in [0.05, 0.1) is 34.6 Å². The van der Waals surface area contributed by atoms with Crippen molar-refractivity contribution < 1.29 is 19.5 Å². The van der Waals surface area contributed by atoms with Crippen LogP contribution in [0.4, 0.5) is 10.5 Å². The van der Waals surface area contributed by atoms with Crippen molar-refractivity contribution in [2.45, 2.75) is 39.0 Å². The highest BCUT2D eigenvalue weighted by molar-refractivity contribution is 6.34. The third kappa shape index (κ3) is 5.62. The Hall–Kier alpha value is -3.89. The molecule has 0 radical (unpaired) electrons. The van der Waals surface area contributed by atoms with Crippen LogP contribution in [0.5, 0.6) is 0 Å². The molecule has 1 fully saturated rings. The van der Waals surface area contributed by atoms with Crippen molar-refractivity contribution >= 4 is 35.1 Å². The number of aliphatic hydroxyl groups excluding tert-OH is 1. The number of carbonyl (C=O) groups excluding carboxylic acids is 3. The molecule has 3 aromatic rings. The first kappa shape index (κ1) is 26.7. The van der Waals surface area contributed by atoms with E-state index in [1.165, 1.54) is 0 Å². The zero-order valence-electron chi connectivity index (χ0n) is 21.9. The summed E-state index contributed by atoms with van der Waals surface area (Å²) in [5.74, 6) is -0.504. The molecule has 2 atom stereocenters. The number of anilines is 1. The number of aryl methyl sites for hydroxylation is 1. The number of likely N-dealkylation sites (tertiary alicyclic amines) is 1. The summed E-state index contributed by atoms with van der Waals surface area (Å²) in [6, 6.07) is 13.8. The highest BCUT2D eigenvalue weighted by Gasteiger charge is 2.33. The number of para-hydroxylation sites is 1. The molecule has 2 N–H and O–H groups in total. The van der Waals surface area contributed by atoms with E-state index in [9.17, 15) is 19.5 Å². The van der Waals surface area contributed by atoms with Gasteiger partial charge in [0.2, 0.25) is 5.91 Å². The number of hydrogen-bond donors (Lipinski definition) is 2. The van der Waals surface area contributed by atoms with Gasteiger partial charge in [-0.1, -0.05) is 29.8 Å². The first-order chi connectivity index (χ1) is 18.7. The van der Waals surface area contributed by atoms with Gasteiger partial charge in [0.1, 0.15) is 0 Å². The second-order valence-electron chi connectivity index (χ2n) is 10.0. The van der Waals surface area contributed by atoms with Gasteiger partial charge >= 0.3 is 6.03 Å². The maximum absolute atomic E-state index is 13.8. The molecule has 4 amide bonds. The Bertz CT molecular complexity index is 1410. The summed E-state index contributed by atoms with van der Waals surface area (Å²) in [5.41, 5.74) is 3.47. The van der Waals surface area contributed by atoms with Gasteiger partial charge in [0.15, 0.2) is 0 Å². The smallest absolute Gasteiger partial charge is 0.318 e. The van der Waals surface area contributed by atoms with Gasteiger partial charge in [-0.05, 0) is 56.2 Å². The van der Waals surface area contributed by atoms with E-state index in [2.05, 4.69) is 10.4 Å². The molecule has 3 heterocycles. The summed E-state index contributed by atoms with van der Waals surface area (Å²) in [6.07, 6.45) is 1.85. The summed E-state index contributed by atoms with van der Waals surface area (Å²) in [5, 5.41) is 17.1. The lowest BCUT2D eigenvalue weighted by atomic mass is 10.1. The van der Waals surface area contributed by atoms with Gasteiger partial charge in [-0.15, -0.1) is 0 Å². The standard InChI is InChI=1S/C28H31ClN6O4/c1-18-9-12-35(31-18)21-7-8-23(24(29)13-21)27(38)34-15-19(2)33(16-20-5-3-4-6-25(20)34)28(39)30-14-26(37)32-11-10-22(36)17-32/h3-9,12-13,19,22,36H,10-11,14-17H2,1-2H3,(H,30,39)/t19-,22+/m1/s1. The Morgan fingerprint density at radius 3 is 2.62 bits per heavy atom. The Morgan fingerprint density at radius 2 is 1.92 bits per heavy atom. The van der Waals surface area contributed by atoms with E-state index in [0.29, 0.717) is 29.2 Å². The van der Waals surface area contributed by atoms with E-state index >= 15 is 0 Å². The first-order valence-corrected chi connectivity index (χ1v) is 13.3. The molecule has 0 saturated carbocycles. The molecule has 0 bridgehead atoms. The minimum atomic E-state index is -0.519. The fourth-order valence-corrected chi connectivity index (χ4v) is 5.29. The number of hydrogen-bond acceptors (Lipinski definition) is 5. The van der Waals surface area contributed by atoms with Crippen LogP contribution in [0.3, 0.4) is 0 Å². The molecule has 2 aliphatic heterocycles. The van der Waals surface area contributed by atoms with Crippen molar-refractivity contribution in [1.29, 1.82) is 0 Å². The maximum Gasteiger partial charge on any atom is 0.318 e. The molecule has 5 rings (SSSR count). The Kier molecular flexibility index (Phi) is 7.58. The van der Waals surface area contributed by atoms with Crippen molar-refractivity contribution in [3.05, 3.63) is 76.6 Å². The summed E-state index contributed by atoms with van der Waals surface area (Å²) in [7, 11) is 0. The number of aliphatic hydroxyl groups is 1. The number of nitrogens with zero attached hydrogens (tertiary/aromatic N) is 5. The lowest BCUT2D eigenvalue weighted by Crippen LogP contribution is -2.50. The third-order valence-corrected chi connectivity index (χ3v) is 7.50. The second kappa shape index (κ2) is 11.1. The molecule has 204 valence electrons. The normalized spacial score (nSPS) is 19.0. The molecule has 10 nitrogen and oxygen atoms in total. The maximum atomic E-state index is 13.8. The number of benzene rings is 2. The van der Waals surface area contributed by atoms with E-state index in [1.54, 1.807) is 37.6 Å². The van der Waals surface area contributed by atoms with Gasteiger partial charge in [-0.2, -0.15) is 5.10 Å². The number of β-amino-alcohol motifs (C(OH)–C–C–N with tert-alkyl or cyclic N) is 1. The van der Waals surface area contributed by atoms with Gasteiger partial charge in [-0.3, -0.25) is 9.59 Å². The summed E-state index contributed by atoms with van der Waals surface area (Å²) in [4.78, 5) is 44.3. The number of urea groups is 1. The molecule has 0 unspecified atom stereocenters. The second-order valence-corrected chi connectivity index (χ2v) is 10.4. The van der Waals surface area contributed by atoms with Crippen molar-refractivity contribution in [3.63, 3.8) is 0 Å².